The van der Waals surface area contributed by atoms with E-state index in [2.05, 4.69) is 10.6 Å². The topological polar surface area (TPSA) is 90.9 Å². The molecule has 0 spiro atoms. The Kier molecular flexibility index (Phi) is 6.44. The second-order valence-electron chi connectivity index (χ2n) is 6.30. The van der Waals surface area contributed by atoms with Crippen molar-refractivity contribution in [1.29, 1.82) is 0 Å². The first-order valence-corrected chi connectivity index (χ1v) is 9.59. The Bertz CT molecular complexity index is 791. The van der Waals surface area contributed by atoms with Crippen LogP contribution in [-0.4, -0.2) is 55.9 Å². The normalized spacial score (nSPS) is 15.5. The van der Waals surface area contributed by atoms with E-state index >= 15 is 0 Å². The summed E-state index contributed by atoms with van der Waals surface area (Å²) in [6.45, 7) is 3.62. The van der Waals surface area contributed by atoms with Crippen LogP contribution in [0.2, 0.25) is 0 Å². The fourth-order valence-corrected chi connectivity index (χ4v) is 3.50. The molecule has 1 aliphatic heterocycles. The SMILES string of the molecule is Cc1ccc(C(=O)NC[C@H](O)CNc2ccc(N3CCOCC3=O)cc2)s1. The first kappa shape index (κ1) is 19.3. The Labute approximate surface area is 161 Å². The summed E-state index contributed by atoms with van der Waals surface area (Å²) in [6.07, 6.45) is -0.712. The lowest BCUT2D eigenvalue weighted by atomic mass is 10.2. The molecule has 8 heteroatoms. The number of morpholine rings is 1. The van der Waals surface area contributed by atoms with Gasteiger partial charge in [-0.1, -0.05) is 0 Å². The van der Waals surface area contributed by atoms with Crippen LogP contribution in [-0.2, 0) is 9.53 Å². The van der Waals surface area contributed by atoms with E-state index in [4.69, 9.17) is 4.74 Å². The second-order valence-corrected chi connectivity index (χ2v) is 7.59. The Morgan fingerprint density at radius 2 is 2.04 bits per heavy atom. The number of benzene rings is 1. The van der Waals surface area contributed by atoms with Gasteiger partial charge >= 0.3 is 0 Å². The van der Waals surface area contributed by atoms with Gasteiger partial charge in [0.1, 0.15) is 6.61 Å². The fraction of sp³-hybridized carbons (Fsp3) is 0.368. The second kappa shape index (κ2) is 8.98. The van der Waals surface area contributed by atoms with Crippen molar-refractivity contribution in [2.75, 3.05) is 43.1 Å². The number of aliphatic hydroxyl groups excluding tert-OH is 1. The molecule has 0 aliphatic carbocycles. The molecule has 2 heterocycles. The first-order chi connectivity index (χ1) is 13.0. The number of nitrogens with one attached hydrogen (secondary N) is 2. The van der Waals surface area contributed by atoms with Crippen molar-refractivity contribution >= 4 is 34.5 Å². The van der Waals surface area contributed by atoms with Gasteiger partial charge in [-0.05, 0) is 43.3 Å². The van der Waals surface area contributed by atoms with E-state index in [1.807, 2.05) is 37.3 Å². The van der Waals surface area contributed by atoms with Crippen molar-refractivity contribution in [2.24, 2.45) is 0 Å². The maximum Gasteiger partial charge on any atom is 0.261 e. The highest BCUT2D eigenvalue weighted by atomic mass is 32.1. The molecular formula is C19H23N3O4S. The van der Waals surface area contributed by atoms with Crippen molar-refractivity contribution in [3.8, 4) is 0 Å². The molecule has 1 fully saturated rings. The molecule has 27 heavy (non-hydrogen) atoms. The van der Waals surface area contributed by atoms with Gasteiger partial charge in [-0.3, -0.25) is 9.59 Å². The van der Waals surface area contributed by atoms with Crippen molar-refractivity contribution < 1.29 is 19.4 Å². The molecule has 144 valence electrons. The highest BCUT2D eigenvalue weighted by Gasteiger charge is 2.19. The highest BCUT2D eigenvalue weighted by molar-refractivity contribution is 7.13. The largest absolute Gasteiger partial charge is 0.389 e. The molecule has 1 atom stereocenters. The van der Waals surface area contributed by atoms with Crippen molar-refractivity contribution in [1.82, 2.24) is 5.32 Å². The Balaban J connectivity index is 1.44. The van der Waals surface area contributed by atoms with Crippen molar-refractivity contribution in [3.63, 3.8) is 0 Å². The van der Waals surface area contributed by atoms with Gasteiger partial charge in [-0.2, -0.15) is 0 Å². The van der Waals surface area contributed by atoms with Crippen LogP contribution < -0.4 is 15.5 Å². The molecule has 1 saturated heterocycles. The van der Waals surface area contributed by atoms with Gasteiger partial charge in [0.2, 0.25) is 0 Å². The quantitative estimate of drug-likeness (QED) is 0.670. The van der Waals surface area contributed by atoms with E-state index in [0.29, 0.717) is 24.6 Å². The van der Waals surface area contributed by atoms with Crippen molar-refractivity contribution in [2.45, 2.75) is 13.0 Å². The number of carbonyl (C=O) groups excluding carboxylic acids is 2. The third-order valence-electron chi connectivity index (χ3n) is 4.17. The summed E-state index contributed by atoms with van der Waals surface area (Å²) in [7, 11) is 0. The average molecular weight is 389 g/mol. The van der Waals surface area contributed by atoms with Gasteiger partial charge in [-0.15, -0.1) is 11.3 Å². The summed E-state index contributed by atoms with van der Waals surface area (Å²) >= 11 is 1.43. The summed E-state index contributed by atoms with van der Waals surface area (Å²) in [4.78, 5) is 27.2. The zero-order valence-electron chi connectivity index (χ0n) is 15.1. The molecule has 2 amide bonds. The van der Waals surface area contributed by atoms with Gasteiger partial charge < -0.3 is 25.4 Å². The Hall–Kier alpha value is -2.42. The number of nitrogens with zero attached hydrogens (tertiary/aromatic N) is 1. The number of anilines is 2. The molecule has 0 unspecified atom stereocenters. The molecule has 1 aromatic carbocycles. The van der Waals surface area contributed by atoms with E-state index in [1.165, 1.54) is 11.3 Å². The fourth-order valence-electron chi connectivity index (χ4n) is 2.71. The summed E-state index contributed by atoms with van der Waals surface area (Å²) in [5, 5.41) is 15.9. The number of hydrogen-bond acceptors (Lipinski definition) is 6. The number of aliphatic hydroxyl groups is 1. The van der Waals surface area contributed by atoms with Crippen molar-refractivity contribution in [3.05, 3.63) is 46.2 Å². The summed E-state index contributed by atoms with van der Waals surface area (Å²) in [5.41, 5.74) is 1.66. The van der Waals surface area contributed by atoms with E-state index in [0.717, 1.165) is 16.3 Å². The monoisotopic (exact) mass is 389 g/mol. The van der Waals surface area contributed by atoms with Crippen LogP contribution in [0.3, 0.4) is 0 Å². The minimum absolute atomic E-state index is 0.0472. The predicted molar refractivity (Wildman–Crippen MR) is 105 cm³/mol. The first-order valence-electron chi connectivity index (χ1n) is 8.77. The molecule has 0 saturated carbocycles. The maximum atomic E-state index is 12.0. The maximum absolute atomic E-state index is 12.0. The summed E-state index contributed by atoms with van der Waals surface area (Å²) in [5.74, 6) is -0.222. The van der Waals surface area contributed by atoms with Crippen LogP contribution in [0.15, 0.2) is 36.4 Å². The minimum atomic E-state index is -0.712. The lowest BCUT2D eigenvalue weighted by Crippen LogP contribution is -2.41. The van der Waals surface area contributed by atoms with Gasteiger partial charge in [-0.25, -0.2) is 0 Å². The molecule has 0 radical (unpaired) electrons. The van der Waals surface area contributed by atoms with Crippen LogP contribution in [0.25, 0.3) is 0 Å². The average Bonchev–Trinajstić information content (AvgIpc) is 3.12. The molecular weight excluding hydrogens is 366 g/mol. The van der Waals surface area contributed by atoms with Gasteiger partial charge in [0.05, 0.1) is 17.6 Å². The lowest BCUT2D eigenvalue weighted by Gasteiger charge is -2.27. The van der Waals surface area contributed by atoms with Gasteiger partial charge in [0.25, 0.3) is 11.8 Å². The number of ether oxygens (including phenoxy) is 1. The van der Waals surface area contributed by atoms with E-state index in [9.17, 15) is 14.7 Å². The molecule has 3 N–H and O–H groups in total. The minimum Gasteiger partial charge on any atom is -0.389 e. The zero-order chi connectivity index (χ0) is 19.2. The van der Waals surface area contributed by atoms with Gasteiger partial charge in [0, 0.05) is 35.9 Å². The number of thiophene rings is 1. The van der Waals surface area contributed by atoms with Crippen LogP contribution in [0.5, 0.6) is 0 Å². The third-order valence-corrected chi connectivity index (χ3v) is 5.17. The van der Waals surface area contributed by atoms with Crippen LogP contribution in [0.4, 0.5) is 11.4 Å². The van der Waals surface area contributed by atoms with E-state index < -0.39 is 6.10 Å². The predicted octanol–water partition coefficient (Wildman–Crippen LogP) is 1.62. The number of hydrogen-bond donors (Lipinski definition) is 3. The number of aryl methyl sites for hydroxylation is 1. The summed E-state index contributed by atoms with van der Waals surface area (Å²) < 4.78 is 5.13. The lowest BCUT2D eigenvalue weighted by molar-refractivity contribution is -0.125. The number of rotatable bonds is 7. The molecule has 1 aromatic heterocycles. The molecule has 3 rings (SSSR count). The number of carbonyl (C=O) groups is 2. The molecule has 0 bridgehead atoms. The Morgan fingerprint density at radius 1 is 1.26 bits per heavy atom. The molecule has 1 aliphatic rings. The van der Waals surface area contributed by atoms with E-state index in [-0.39, 0.29) is 25.0 Å². The van der Waals surface area contributed by atoms with Crippen LogP contribution in [0, 0.1) is 6.92 Å². The third kappa shape index (κ3) is 5.29. The highest BCUT2D eigenvalue weighted by Crippen LogP contribution is 2.19. The zero-order valence-corrected chi connectivity index (χ0v) is 15.9. The standard InChI is InChI=1S/C19H23N3O4S/c1-13-2-7-17(27-13)19(25)21-11-16(23)10-20-14-3-5-15(6-4-14)22-8-9-26-12-18(22)24/h2-7,16,20,23H,8-12H2,1H3,(H,21,25)/t16-/m1/s1. The van der Waals surface area contributed by atoms with Crippen LogP contribution in [0.1, 0.15) is 14.5 Å². The number of amides is 2. The smallest absolute Gasteiger partial charge is 0.261 e. The van der Waals surface area contributed by atoms with Crippen LogP contribution >= 0.6 is 11.3 Å². The van der Waals surface area contributed by atoms with E-state index in [1.54, 1.807) is 11.0 Å². The Morgan fingerprint density at radius 3 is 2.70 bits per heavy atom. The summed E-state index contributed by atoms with van der Waals surface area (Å²) in [6, 6.07) is 11.1. The van der Waals surface area contributed by atoms with Gasteiger partial charge in [0.15, 0.2) is 0 Å². The molecule has 2 aromatic rings. The molecule has 7 nitrogen and oxygen atoms in total.